The van der Waals surface area contributed by atoms with Gasteiger partial charge in [-0.3, -0.25) is 4.98 Å². The van der Waals surface area contributed by atoms with Crippen molar-refractivity contribution in [2.24, 2.45) is 11.8 Å². The van der Waals surface area contributed by atoms with Crippen molar-refractivity contribution < 1.29 is 0 Å². The average molecular weight is 259 g/mol. The second kappa shape index (κ2) is 6.60. The van der Waals surface area contributed by atoms with Crippen LogP contribution in [0.2, 0.25) is 0 Å². The number of rotatable bonds is 5. The van der Waals surface area contributed by atoms with E-state index in [9.17, 15) is 0 Å². The number of aromatic nitrogens is 1. The van der Waals surface area contributed by atoms with Crippen LogP contribution in [-0.4, -0.2) is 11.0 Å². The van der Waals surface area contributed by atoms with E-state index >= 15 is 0 Å². The van der Waals surface area contributed by atoms with Gasteiger partial charge in [0.1, 0.15) is 0 Å². The zero-order chi connectivity index (χ0) is 13.7. The Morgan fingerprint density at radius 1 is 1.47 bits per heavy atom. The molecule has 3 unspecified atom stereocenters. The van der Waals surface area contributed by atoms with Crippen LogP contribution in [0.5, 0.6) is 0 Å². The summed E-state index contributed by atoms with van der Waals surface area (Å²) in [7, 11) is 0. The molecule has 2 rings (SSSR count). The summed E-state index contributed by atoms with van der Waals surface area (Å²) in [6.07, 6.45) is 8.84. The lowest BCUT2D eigenvalue weighted by Gasteiger charge is -2.37. The quantitative estimate of drug-likeness (QED) is 0.845. The van der Waals surface area contributed by atoms with Gasteiger partial charge in [0.25, 0.3) is 0 Å². The highest BCUT2D eigenvalue weighted by atomic mass is 15.1. The van der Waals surface area contributed by atoms with E-state index in [4.69, 9.17) is 0 Å². The molecule has 0 aromatic carbocycles. The largest absolute Gasteiger partial charge is 0.369 e. The summed E-state index contributed by atoms with van der Waals surface area (Å²) < 4.78 is 0. The Bertz CT molecular complexity index is 402. The Kier molecular flexibility index (Phi) is 4.83. The molecule has 1 aromatic heterocycles. The molecule has 0 amide bonds. The van der Waals surface area contributed by atoms with E-state index in [2.05, 4.69) is 36.0 Å². The lowest BCUT2D eigenvalue weighted by Crippen LogP contribution is -2.44. The Morgan fingerprint density at radius 2 is 2.32 bits per heavy atom. The van der Waals surface area contributed by atoms with Crippen molar-refractivity contribution in [1.29, 1.82) is 0 Å². The van der Waals surface area contributed by atoms with Crippen LogP contribution < -0.4 is 10.6 Å². The molecule has 3 nitrogen and oxygen atoms in total. The van der Waals surface area contributed by atoms with Gasteiger partial charge in [-0.2, -0.15) is 0 Å². The van der Waals surface area contributed by atoms with Crippen LogP contribution in [0.1, 0.15) is 39.5 Å². The maximum atomic E-state index is 4.10. The number of anilines is 1. The van der Waals surface area contributed by atoms with Crippen molar-refractivity contribution in [3.63, 3.8) is 0 Å². The fourth-order valence-electron chi connectivity index (χ4n) is 3.09. The van der Waals surface area contributed by atoms with Crippen LogP contribution in [-0.2, 0) is 0 Å². The normalized spacial score (nSPS) is 26.7. The van der Waals surface area contributed by atoms with E-state index in [1.54, 1.807) is 6.20 Å². The molecule has 3 heteroatoms. The molecule has 0 bridgehead atoms. The zero-order valence-corrected chi connectivity index (χ0v) is 12.0. The van der Waals surface area contributed by atoms with E-state index in [0.29, 0.717) is 12.0 Å². The molecule has 1 fully saturated rings. The number of pyridine rings is 1. The predicted octanol–water partition coefficient (Wildman–Crippen LogP) is 3.77. The molecule has 1 heterocycles. The van der Waals surface area contributed by atoms with Gasteiger partial charge in [-0.25, -0.2) is 0 Å². The first-order chi connectivity index (χ1) is 9.20. The Hall–Kier alpha value is -1.51. The van der Waals surface area contributed by atoms with Gasteiger partial charge < -0.3 is 10.6 Å². The zero-order valence-electron chi connectivity index (χ0n) is 12.0. The summed E-state index contributed by atoms with van der Waals surface area (Å²) in [6, 6.07) is 4.46. The molecule has 1 aliphatic rings. The van der Waals surface area contributed by atoms with Gasteiger partial charge in [0.05, 0.1) is 17.7 Å². The Balaban J connectivity index is 1.93. The molecule has 1 aliphatic carbocycles. The van der Waals surface area contributed by atoms with Gasteiger partial charge in [-0.15, -0.1) is 0 Å². The van der Waals surface area contributed by atoms with Crippen LogP contribution in [0.15, 0.2) is 36.9 Å². The average Bonchev–Trinajstić information content (AvgIpc) is 2.42. The fraction of sp³-hybridized carbons (Fsp3) is 0.562. The van der Waals surface area contributed by atoms with Crippen molar-refractivity contribution in [2.75, 3.05) is 5.32 Å². The molecule has 3 atom stereocenters. The van der Waals surface area contributed by atoms with Crippen LogP contribution in [0.25, 0.3) is 0 Å². The molecule has 19 heavy (non-hydrogen) atoms. The lowest BCUT2D eigenvalue weighted by atomic mass is 9.76. The minimum atomic E-state index is 0.537. The van der Waals surface area contributed by atoms with Gasteiger partial charge in [-0.05, 0) is 36.8 Å². The molecule has 104 valence electrons. The summed E-state index contributed by atoms with van der Waals surface area (Å²) in [5.41, 5.74) is 0.983. The Morgan fingerprint density at radius 3 is 3.00 bits per heavy atom. The first-order valence-electron chi connectivity index (χ1n) is 7.33. The van der Waals surface area contributed by atoms with E-state index in [1.165, 1.54) is 25.7 Å². The second-order valence-corrected chi connectivity index (χ2v) is 5.59. The maximum absolute atomic E-state index is 4.10. The van der Waals surface area contributed by atoms with Crippen LogP contribution >= 0.6 is 0 Å². The van der Waals surface area contributed by atoms with Crippen molar-refractivity contribution in [3.8, 4) is 0 Å². The van der Waals surface area contributed by atoms with Crippen LogP contribution in [0.3, 0.4) is 0 Å². The van der Waals surface area contributed by atoms with Gasteiger partial charge in [-0.1, -0.05) is 33.3 Å². The van der Waals surface area contributed by atoms with Crippen molar-refractivity contribution >= 4 is 5.69 Å². The smallest absolute Gasteiger partial charge is 0.0959 e. The SMILES string of the molecule is C=C(Nc1cccnc1)NC1C(C)CCCC1CC. The number of nitrogens with one attached hydrogen (secondary N) is 2. The highest BCUT2D eigenvalue weighted by molar-refractivity contribution is 5.44. The highest BCUT2D eigenvalue weighted by Crippen LogP contribution is 2.31. The molecular formula is C16H25N3. The lowest BCUT2D eigenvalue weighted by molar-refractivity contribution is 0.202. The van der Waals surface area contributed by atoms with Gasteiger partial charge >= 0.3 is 0 Å². The third kappa shape index (κ3) is 3.72. The highest BCUT2D eigenvalue weighted by Gasteiger charge is 2.29. The van der Waals surface area contributed by atoms with Crippen molar-refractivity contribution in [1.82, 2.24) is 10.3 Å². The van der Waals surface area contributed by atoms with E-state index in [1.807, 2.05) is 18.3 Å². The minimum Gasteiger partial charge on any atom is -0.369 e. The third-order valence-electron chi connectivity index (χ3n) is 4.18. The standard InChI is InChI=1S/C16H25N3/c1-4-14-8-5-7-12(2)16(14)19-13(3)18-15-9-6-10-17-11-15/h6,9-12,14,16,18-19H,3-5,7-8H2,1-2H3. The monoisotopic (exact) mass is 259 g/mol. The predicted molar refractivity (Wildman–Crippen MR) is 80.7 cm³/mol. The summed E-state index contributed by atoms with van der Waals surface area (Å²) >= 11 is 0. The second-order valence-electron chi connectivity index (χ2n) is 5.59. The summed E-state index contributed by atoms with van der Waals surface area (Å²) in [5, 5.41) is 6.87. The fourth-order valence-corrected chi connectivity index (χ4v) is 3.09. The summed E-state index contributed by atoms with van der Waals surface area (Å²) in [6.45, 7) is 8.73. The van der Waals surface area contributed by atoms with E-state index < -0.39 is 0 Å². The molecule has 1 saturated carbocycles. The van der Waals surface area contributed by atoms with Gasteiger partial charge in [0, 0.05) is 12.2 Å². The molecule has 0 aliphatic heterocycles. The molecule has 0 saturated heterocycles. The first kappa shape index (κ1) is 13.9. The van der Waals surface area contributed by atoms with E-state index in [-0.39, 0.29) is 0 Å². The van der Waals surface area contributed by atoms with Crippen LogP contribution in [0.4, 0.5) is 5.69 Å². The summed E-state index contributed by atoms with van der Waals surface area (Å²) in [4.78, 5) is 4.10. The first-order valence-corrected chi connectivity index (χ1v) is 7.33. The topological polar surface area (TPSA) is 37.0 Å². The number of hydrogen-bond donors (Lipinski definition) is 2. The minimum absolute atomic E-state index is 0.537. The van der Waals surface area contributed by atoms with Gasteiger partial charge in [0.2, 0.25) is 0 Å². The Labute approximate surface area is 116 Å². The third-order valence-corrected chi connectivity index (χ3v) is 4.18. The van der Waals surface area contributed by atoms with E-state index in [0.717, 1.165) is 17.4 Å². The molecule has 0 spiro atoms. The van der Waals surface area contributed by atoms with Gasteiger partial charge in [0.15, 0.2) is 0 Å². The molecular weight excluding hydrogens is 234 g/mol. The molecule has 2 N–H and O–H groups in total. The number of hydrogen-bond acceptors (Lipinski definition) is 3. The molecule has 0 radical (unpaired) electrons. The maximum Gasteiger partial charge on any atom is 0.0959 e. The van der Waals surface area contributed by atoms with Crippen molar-refractivity contribution in [2.45, 2.75) is 45.6 Å². The summed E-state index contributed by atoms with van der Waals surface area (Å²) in [5.74, 6) is 2.35. The van der Waals surface area contributed by atoms with Crippen LogP contribution in [0, 0.1) is 11.8 Å². The molecule has 1 aromatic rings. The van der Waals surface area contributed by atoms with Crippen molar-refractivity contribution in [3.05, 3.63) is 36.9 Å². The number of nitrogens with zero attached hydrogens (tertiary/aromatic N) is 1.